The number of epoxide rings is 1. The van der Waals surface area contributed by atoms with Gasteiger partial charge in [-0.15, -0.1) is 0 Å². The molecule has 2 aliphatic carbocycles. The number of aliphatic hydroxyl groups excluding tert-OH is 1. The quantitative estimate of drug-likeness (QED) is 0.748. The maximum atomic E-state index is 12.6. The van der Waals surface area contributed by atoms with Gasteiger partial charge in [-0.1, -0.05) is 30.3 Å². The predicted octanol–water partition coefficient (Wildman–Crippen LogP) is 2.35. The van der Waals surface area contributed by atoms with Gasteiger partial charge in [-0.25, -0.2) is 0 Å². The molecule has 1 spiro atoms. The first-order valence-corrected chi connectivity index (χ1v) is 8.65. The number of carbonyl (C=O) groups is 1. The van der Waals surface area contributed by atoms with Gasteiger partial charge in [0.25, 0.3) is 5.79 Å². The third-order valence-electron chi connectivity index (χ3n) is 5.81. The van der Waals surface area contributed by atoms with Crippen LogP contribution in [0.4, 0.5) is 0 Å². The molecule has 2 aliphatic heterocycles. The molecule has 5 nitrogen and oxygen atoms in total. The second-order valence-electron chi connectivity index (χ2n) is 7.18. The summed E-state index contributed by atoms with van der Waals surface area (Å²) in [5.74, 6) is -0.179. The molecule has 4 aliphatic rings. The van der Waals surface area contributed by atoms with Crippen molar-refractivity contribution in [3.63, 3.8) is 0 Å². The summed E-state index contributed by atoms with van der Waals surface area (Å²) in [5.41, 5.74) is 0.587. The van der Waals surface area contributed by atoms with Crippen molar-refractivity contribution in [2.24, 2.45) is 5.92 Å². The van der Waals surface area contributed by atoms with Gasteiger partial charge in [0.2, 0.25) is 0 Å². The standard InChI is InChI=1S/C20H16O5/c21-16-11-6-3-9-20(15(11)17(22)19-18(16)23-19)24-12-7-1-4-10-5-2-8-13(25-20)14(10)12/h1-2,4-8,15,17-19,22H,3,9H2/t15-,17-,18?,19-/m0/s1. The SMILES string of the molecule is O=C1C2=CCCC3(Oc4cccc5cccc(c45)O3)[C@@H]2[C@H](O)[C@@H]2OC12. The maximum absolute atomic E-state index is 12.6. The van der Waals surface area contributed by atoms with E-state index in [1.54, 1.807) is 0 Å². The van der Waals surface area contributed by atoms with Gasteiger partial charge in [0.1, 0.15) is 23.7 Å². The Morgan fingerprint density at radius 1 is 1.08 bits per heavy atom. The van der Waals surface area contributed by atoms with Crippen molar-refractivity contribution in [3.05, 3.63) is 48.0 Å². The fourth-order valence-electron chi connectivity index (χ4n) is 4.66. The van der Waals surface area contributed by atoms with Crippen LogP contribution in [0.3, 0.4) is 0 Å². The summed E-state index contributed by atoms with van der Waals surface area (Å²) in [6, 6.07) is 11.8. The van der Waals surface area contributed by atoms with Crippen LogP contribution in [-0.4, -0.2) is 35.0 Å². The molecule has 0 radical (unpaired) electrons. The predicted molar refractivity (Wildman–Crippen MR) is 88.4 cm³/mol. The van der Waals surface area contributed by atoms with Crippen LogP contribution in [-0.2, 0) is 9.53 Å². The molecule has 2 fully saturated rings. The Morgan fingerprint density at radius 2 is 1.80 bits per heavy atom. The number of benzene rings is 2. The van der Waals surface area contributed by atoms with Crippen molar-refractivity contribution in [3.8, 4) is 11.5 Å². The first-order chi connectivity index (χ1) is 12.2. The number of rotatable bonds is 0. The number of ketones is 1. The first kappa shape index (κ1) is 13.9. The topological polar surface area (TPSA) is 68.3 Å². The normalized spacial score (nSPS) is 33.8. The van der Waals surface area contributed by atoms with Gasteiger partial charge >= 0.3 is 0 Å². The van der Waals surface area contributed by atoms with Crippen molar-refractivity contribution < 1.29 is 24.1 Å². The zero-order valence-electron chi connectivity index (χ0n) is 13.3. The van der Waals surface area contributed by atoms with E-state index in [1.165, 1.54) is 0 Å². The molecule has 2 aromatic rings. The van der Waals surface area contributed by atoms with Crippen LogP contribution in [0.25, 0.3) is 10.8 Å². The van der Waals surface area contributed by atoms with E-state index in [1.807, 2.05) is 42.5 Å². The Kier molecular flexibility index (Phi) is 2.45. The van der Waals surface area contributed by atoms with Gasteiger partial charge in [0, 0.05) is 12.0 Å². The van der Waals surface area contributed by atoms with E-state index in [-0.39, 0.29) is 5.78 Å². The van der Waals surface area contributed by atoms with E-state index in [4.69, 9.17) is 14.2 Å². The van der Waals surface area contributed by atoms with Crippen LogP contribution < -0.4 is 9.47 Å². The van der Waals surface area contributed by atoms with Crippen LogP contribution in [0.1, 0.15) is 12.8 Å². The number of carbonyl (C=O) groups excluding carboxylic acids is 1. The van der Waals surface area contributed by atoms with Crippen molar-refractivity contribution in [2.75, 3.05) is 0 Å². The Labute approximate surface area is 143 Å². The number of Topliss-reactive ketones (excluding diaryl/α,β-unsaturated/α-hetero) is 1. The van der Waals surface area contributed by atoms with E-state index in [0.29, 0.717) is 18.4 Å². The third kappa shape index (κ3) is 1.67. The van der Waals surface area contributed by atoms with E-state index in [2.05, 4.69) is 0 Å². The van der Waals surface area contributed by atoms with Crippen molar-refractivity contribution in [2.45, 2.75) is 36.9 Å². The molecule has 5 heteroatoms. The lowest BCUT2D eigenvalue weighted by Crippen LogP contribution is -2.60. The molecular formula is C20H16O5. The Balaban J connectivity index is 1.52. The van der Waals surface area contributed by atoms with Crippen molar-refractivity contribution in [1.29, 1.82) is 0 Å². The van der Waals surface area contributed by atoms with Crippen LogP contribution in [0.2, 0.25) is 0 Å². The molecule has 0 aromatic heterocycles. The summed E-state index contributed by atoms with van der Waals surface area (Å²) >= 11 is 0. The highest BCUT2D eigenvalue weighted by Crippen LogP contribution is 2.53. The minimum atomic E-state index is -1.07. The fraction of sp³-hybridized carbons (Fsp3) is 0.350. The first-order valence-electron chi connectivity index (χ1n) is 8.65. The highest BCUT2D eigenvalue weighted by molar-refractivity contribution is 6.03. The lowest BCUT2D eigenvalue weighted by atomic mass is 9.71. The fourth-order valence-corrected chi connectivity index (χ4v) is 4.66. The molecule has 4 atom stereocenters. The summed E-state index contributed by atoms with van der Waals surface area (Å²) < 4.78 is 18.1. The van der Waals surface area contributed by atoms with E-state index in [9.17, 15) is 9.90 Å². The van der Waals surface area contributed by atoms with Gasteiger partial charge in [-0.05, 0) is 23.9 Å². The second-order valence-corrected chi connectivity index (χ2v) is 7.18. The van der Waals surface area contributed by atoms with Crippen molar-refractivity contribution in [1.82, 2.24) is 0 Å². The molecule has 2 aromatic carbocycles. The smallest absolute Gasteiger partial charge is 0.261 e. The maximum Gasteiger partial charge on any atom is 0.261 e. The Bertz CT molecular complexity index is 921. The van der Waals surface area contributed by atoms with Crippen LogP contribution >= 0.6 is 0 Å². The number of fused-ring (bicyclic) bond motifs is 3. The summed E-state index contributed by atoms with van der Waals surface area (Å²) in [4.78, 5) is 12.6. The molecule has 1 saturated carbocycles. The highest BCUT2D eigenvalue weighted by atomic mass is 16.7. The Hall–Kier alpha value is -2.37. The molecular weight excluding hydrogens is 320 g/mol. The summed E-state index contributed by atoms with van der Waals surface area (Å²) in [6.07, 6.45) is 1.41. The van der Waals surface area contributed by atoms with Gasteiger partial charge < -0.3 is 19.3 Å². The lowest BCUT2D eigenvalue weighted by molar-refractivity contribution is -0.187. The zero-order chi connectivity index (χ0) is 16.8. The van der Waals surface area contributed by atoms with Gasteiger partial charge in [-0.2, -0.15) is 0 Å². The average Bonchev–Trinajstić information content (AvgIpc) is 3.41. The largest absolute Gasteiger partial charge is 0.451 e. The van der Waals surface area contributed by atoms with Crippen molar-refractivity contribution >= 4 is 16.6 Å². The zero-order valence-corrected chi connectivity index (χ0v) is 13.3. The number of hydrogen-bond acceptors (Lipinski definition) is 5. The monoisotopic (exact) mass is 336 g/mol. The number of hydrogen-bond donors (Lipinski definition) is 1. The summed E-state index contributed by atoms with van der Waals surface area (Å²) in [7, 11) is 0. The minimum absolute atomic E-state index is 0.0383. The van der Waals surface area contributed by atoms with E-state index >= 15 is 0 Å². The lowest BCUT2D eigenvalue weighted by Gasteiger charge is -2.48. The van der Waals surface area contributed by atoms with Gasteiger partial charge in [0.15, 0.2) is 5.78 Å². The molecule has 0 amide bonds. The third-order valence-corrected chi connectivity index (χ3v) is 5.81. The van der Waals surface area contributed by atoms with Crippen LogP contribution in [0.5, 0.6) is 11.5 Å². The molecule has 6 rings (SSSR count). The van der Waals surface area contributed by atoms with Crippen LogP contribution in [0, 0.1) is 5.92 Å². The molecule has 126 valence electrons. The molecule has 25 heavy (non-hydrogen) atoms. The number of aliphatic hydroxyl groups is 1. The van der Waals surface area contributed by atoms with Gasteiger partial charge in [-0.3, -0.25) is 4.79 Å². The molecule has 1 saturated heterocycles. The highest BCUT2D eigenvalue weighted by Gasteiger charge is 2.66. The molecule has 1 N–H and O–H groups in total. The molecule has 2 heterocycles. The van der Waals surface area contributed by atoms with E-state index in [0.717, 1.165) is 22.3 Å². The molecule has 1 unspecified atom stereocenters. The van der Waals surface area contributed by atoms with Crippen LogP contribution in [0.15, 0.2) is 48.0 Å². The average molecular weight is 336 g/mol. The minimum Gasteiger partial charge on any atom is -0.451 e. The van der Waals surface area contributed by atoms with E-state index < -0.39 is 30.0 Å². The number of allylic oxidation sites excluding steroid dienone is 1. The summed E-state index contributed by atoms with van der Waals surface area (Å²) in [6.45, 7) is 0. The second kappa shape index (κ2) is 4.42. The summed E-state index contributed by atoms with van der Waals surface area (Å²) in [5, 5.41) is 12.8. The molecule has 0 bridgehead atoms. The van der Waals surface area contributed by atoms with Gasteiger partial charge in [0.05, 0.1) is 17.4 Å². The Morgan fingerprint density at radius 3 is 2.52 bits per heavy atom. The number of ether oxygens (including phenoxy) is 3.